The molecule has 0 fully saturated rings. The number of nitrogen functional groups attached to an aromatic ring is 1. The molecule has 1 aliphatic rings. The molecule has 3 heteroatoms. The number of pyridine rings is 1. The van der Waals surface area contributed by atoms with E-state index >= 15 is 0 Å². The maximum atomic E-state index is 5.81. The fourth-order valence-corrected chi connectivity index (χ4v) is 2.25. The smallest absolute Gasteiger partial charge is 0.219 e. The second-order valence-corrected chi connectivity index (χ2v) is 4.28. The van der Waals surface area contributed by atoms with Crippen molar-refractivity contribution in [1.82, 2.24) is 4.98 Å². The summed E-state index contributed by atoms with van der Waals surface area (Å²) in [5.74, 6) is 1.52. The van der Waals surface area contributed by atoms with Gasteiger partial charge in [-0.2, -0.15) is 0 Å². The van der Waals surface area contributed by atoms with Crippen LogP contribution in [-0.4, -0.2) is 4.98 Å². The molecule has 0 amide bonds. The van der Waals surface area contributed by atoms with Crippen LogP contribution in [0.2, 0.25) is 0 Å². The minimum Gasteiger partial charge on any atom is -0.439 e. The number of ether oxygens (including phenoxy) is 1. The minimum atomic E-state index is 0.597. The second kappa shape index (κ2) is 4.09. The van der Waals surface area contributed by atoms with Gasteiger partial charge in [-0.15, -0.1) is 0 Å². The Morgan fingerprint density at radius 3 is 2.88 bits per heavy atom. The monoisotopic (exact) mass is 226 g/mol. The molecule has 1 heterocycles. The predicted molar refractivity (Wildman–Crippen MR) is 67.2 cm³/mol. The van der Waals surface area contributed by atoms with Gasteiger partial charge in [0.15, 0.2) is 0 Å². The SMILES string of the molecule is Nc1ccc(Oc2cccc3c2CCC3)nc1. The summed E-state index contributed by atoms with van der Waals surface area (Å²) in [5.41, 5.74) is 8.97. The van der Waals surface area contributed by atoms with E-state index in [1.165, 1.54) is 17.5 Å². The molecule has 0 unspecified atom stereocenters. The number of hydrogen-bond acceptors (Lipinski definition) is 3. The number of benzene rings is 1. The number of nitrogens with two attached hydrogens (primary N) is 1. The van der Waals surface area contributed by atoms with Gasteiger partial charge in [-0.25, -0.2) is 4.98 Å². The molecule has 2 aromatic rings. The normalized spacial score (nSPS) is 13.4. The van der Waals surface area contributed by atoms with Gasteiger partial charge in [0.1, 0.15) is 5.75 Å². The Morgan fingerprint density at radius 1 is 1.12 bits per heavy atom. The summed E-state index contributed by atoms with van der Waals surface area (Å²) in [6.07, 6.45) is 5.07. The molecule has 0 saturated carbocycles. The molecule has 86 valence electrons. The Hall–Kier alpha value is -2.03. The van der Waals surface area contributed by atoms with Crippen LogP contribution in [0.1, 0.15) is 17.5 Å². The van der Waals surface area contributed by atoms with E-state index in [-0.39, 0.29) is 0 Å². The van der Waals surface area contributed by atoms with Gasteiger partial charge < -0.3 is 10.5 Å². The van der Waals surface area contributed by atoms with Crippen LogP contribution in [0, 0.1) is 0 Å². The van der Waals surface area contributed by atoms with Gasteiger partial charge in [0.05, 0.1) is 11.9 Å². The molecular formula is C14H14N2O. The number of nitrogens with zero attached hydrogens (tertiary/aromatic N) is 1. The first-order valence-corrected chi connectivity index (χ1v) is 5.83. The lowest BCUT2D eigenvalue weighted by Gasteiger charge is -2.09. The van der Waals surface area contributed by atoms with Crippen LogP contribution < -0.4 is 10.5 Å². The van der Waals surface area contributed by atoms with Crippen molar-refractivity contribution in [2.45, 2.75) is 19.3 Å². The van der Waals surface area contributed by atoms with Crippen molar-refractivity contribution < 1.29 is 4.74 Å². The molecule has 1 aromatic heterocycles. The van der Waals surface area contributed by atoms with Gasteiger partial charge in [0.25, 0.3) is 0 Å². The summed E-state index contributed by atoms with van der Waals surface area (Å²) in [4.78, 5) is 4.15. The largest absolute Gasteiger partial charge is 0.439 e. The van der Waals surface area contributed by atoms with Gasteiger partial charge in [0, 0.05) is 6.07 Å². The predicted octanol–water partition coefficient (Wildman–Crippen LogP) is 2.94. The highest BCUT2D eigenvalue weighted by molar-refractivity contribution is 5.45. The van der Waals surface area contributed by atoms with Gasteiger partial charge in [-0.05, 0) is 42.5 Å². The average Bonchev–Trinajstić information content (AvgIpc) is 2.81. The molecule has 0 bridgehead atoms. The Kier molecular flexibility index (Phi) is 2.44. The zero-order valence-corrected chi connectivity index (χ0v) is 9.52. The summed E-state index contributed by atoms with van der Waals surface area (Å²) >= 11 is 0. The molecule has 0 aliphatic heterocycles. The van der Waals surface area contributed by atoms with E-state index in [1.807, 2.05) is 12.1 Å². The maximum absolute atomic E-state index is 5.81. The zero-order chi connectivity index (χ0) is 11.7. The number of aromatic nitrogens is 1. The maximum Gasteiger partial charge on any atom is 0.219 e. The third-order valence-corrected chi connectivity index (χ3v) is 3.08. The van der Waals surface area contributed by atoms with Crippen LogP contribution >= 0.6 is 0 Å². The third-order valence-electron chi connectivity index (χ3n) is 3.08. The third kappa shape index (κ3) is 1.96. The Bertz CT molecular complexity index is 534. The highest BCUT2D eigenvalue weighted by atomic mass is 16.5. The van der Waals surface area contributed by atoms with E-state index in [1.54, 1.807) is 18.3 Å². The molecule has 1 aromatic carbocycles. The minimum absolute atomic E-state index is 0.597. The molecule has 0 spiro atoms. The summed E-state index contributed by atoms with van der Waals surface area (Å²) in [6.45, 7) is 0. The van der Waals surface area contributed by atoms with Gasteiger partial charge in [-0.3, -0.25) is 0 Å². The fraction of sp³-hybridized carbons (Fsp3) is 0.214. The van der Waals surface area contributed by atoms with E-state index in [2.05, 4.69) is 11.1 Å². The lowest BCUT2D eigenvalue weighted by Crippen LogP contribution is -1.93. The number of fused-ring (bicyclic) bond motifs is 1. The van der Waals surface area contributed by atoms with E-state index in [0.29, 0.717) is 11.6 Å². The number of anilines is 1. The topological polar surface area (TPSA) is 48.1 Å². The van der Waals surface area contributed by atoms with Crippen LogP contribution in [-0.2, 0) is 12.8 Å². The first-order valence-electron chi connectivity index (χ1n) is 5.83. The van der Waals surface area contributed by atoms with E-state index in [9.17, 15) is 0 Å². The van der Waals surface area contributed by atoms with Crippen molar-refractivity contribution in [3.05, 3.63) is 47.7 Å². The Labute approximate surface area is 100 Å². The number of hydrogen-bond donors (Lipinski definition) is 1. The van der Waals surface area contributed by atoms with Crippen molar-refractivity contribution in [2.24, 2.45) is 0 Å². The lowest BCUT2D eigenvalue weighted by molar-refractivity contribution is 0.458. The van der Waals surface area contributed by atoms with Crippen molar-refractivity contribution >= 4 is 5.69 Å². The fourth-order valence-electron chi connectivity index (χ4n) is 2.25. The lowest BCUT2D eigenvalue weighted by atomic mass is 10.1. The van der Waals surface area contributed by atoms with Gasteiger partial charge in [-0.1, -0.05) is 12.1 Å². The zero-order valence-electron chi connectivity index (χ0n) is 9.52. The highest BCUT2D eigenvalue weighted by Gasteiger charge is 2.15. The molecule has 17 heavy (non-hydrogen) atoms. The average molecular weight is 226 g/mol. The standard InChI is InChI=1S/C14H14N2O/c15-11-7-8-14(16-9-11)17-13-6-2-4-10-3-1-5-12(10)13/h2,4,6-9H,1,3,5,15H2. The summed E-state index contributed by atoms with van der Waals surface area (Å²) in [6, 6.07) is 9.81. The van der Waals surface area contributed by atoms with Gasteiger partial charge in [0.2, 0.25) is 5.88 Å². The molecule has 0 atom stereocenters. The molecule has 2 N–H and O–H groups in total. The summed E-state index contributed by atoms with van der Waals surface area (Å²) in [7, 11) is 0. The first kappa shape index (κ1) is 10.1. The first-order chi connectivity index (χ1) is 8.33. The van der Waals surface area contributed by atoms with Crippen LogP contribution in [0.15, 0.2) is 36.5 Å². The summed E-state index contributed by atoms with van der Waals surface area (Å²) in [5, 5.41) is 0. The highest BCUT2D eigenvalue weighted by Crippen LogP contribution is 2.32. The van der Waals surface area contributed by atoms with Crippen molar-refractivity contribution in [3.8, 4) is 11.6 Å². The van der Waals surface area contributed by atoms with E-state index in [4.69, 9.17) is 10.5 Å². The molecule has 0 saturated heterocycles. The quantitative estimate of drug-likeness (QED) is 0.856. The van der Waals surface area contributed by atoms with Crippen molar-refractivity contribution in [2.75, 3.05) is 5.73 Å². The van der Waals surface area contributed by atoms with Crippen LogP contribution in [0.3, 0.4) is 0 Å². The van der Waals surface area contributed by atoms with E-state index < -0.39 is 0 Å². The Balaban J connectivity index is 1.91. The van der Waals surface area contributed by atoms with Crippen molar-refractivity contribution in [1.29, 1.82) is 0 Å². The number of aryl methyl sites for hydroxylation is 1. The molecular weight excluding hydrogens is 212 g/mol. The van der Waals surface area contributed by atoms with Crippen LogP contribution in [0.5, 0.6) is 11.6 Å². The molecule has 1 aliphatic carbocycles. The second-order valence-electron chi connectivity index (χ2n) is 4.28. The molecule has 0 radical (unpaired) electrons. The number of rotatable bonds is 2. The van der Waals surface area contributed by atoms with E-state index in [0.717, 1.165) is 18.6 Å². The van der Waals surface area contributed by atoms with Crippen LogP contribution in [0.25, 0.3) is 0 Å². The molecule has 3 rings (SSSR count). The molecule has 3 nitrogen and oxygen atoms in total. The summed E-state index contributed by atoms with van der Waals surface area (Å²) < 4.78 is 5.81. The Morgan fingerprint density at radius 2 is 2.06 bits per heavy atom. The van der Waals surface area contributed by atoms with Crippen LogP contribution in [0.4, 0.5) is 5.69 Å². The van der Waals surface area contributed by atoms with Crippen molar-refractivity contribution in [3.63, 3.8) is 0 Å². The van der Waals surface area contributed by atoms with Gasteiger partial charge >= 0.3 is 0 Å².